The second kappa shape index (κ2) is 3.89. The van der Waals surface area contributed by atoms with Gasteiger partial charge in [-0.3, -0.25) is 4.79 Å². The maximum Gasteiger partial charge on any atom is 0.139 e. The normalized spacial score (nSPS) is 40.9. The van der Waals surface area contributed by atoms with Crippen LogP contribution in [-0.2, 0) is 9.53 Å². The second-order valence-corrected chi connectivity index (χ2v) is 5.57. The Bertz CT molecular complexity index is 255. The highest BCUT2D eigenvalue weighted by Gasteiger charge is 2.44. The van der Waals surface area contributed by atoms with Gasteiger partial charge in [0.15, 0.2) is 0 Å². The number of carbonyl (C=O) groups excluding carboxylic acids is 1. The summed E-state index contributed by atoms with van der Waals surface area (Å²) in [5.41, 5.74) is 0. The highest BCUT2D eigenvalue weighted by atomic mass is 16.5. The Morgan fingerprint density at radius 3 is 2.40 bits per heavy atom. The molecule has 2 nitrogen and oxygen atoms in total. The Labute approximate surface area is 91.4 Å². The Morgan fingerprint density at radius 2 is 1.80 bits per heavy atom. The van der Waals surface area contributed by atoms with Crippen molar-refractivity contribution in [3.05, 3.63) is 0 Å². The molecule has 1 aliphatic heterocycles. The van der Waals surface area contributed by atoms with Crippen LogP contribution in [0.3, 0.4) is 0 Å². The van der Waals surface area contributed by atoms with Crippen molar-refractivity contribution in [2.75, 3.05) is 13.2 Å². The lowest BCUT2D eigenvalue weighted by Crippen LogP contribution is -2.31. The SMILES string of the molecule is O=C(C1CCOCC1)C1CC2CCC1C2. The van der Waals surface area contributed by atoms with Gasteiger partial charge < -0.3 is 4.74 Å². The van der Waals surface area contributed by atoms with Crippen molar-refractivity contribution >= 4 is 5.78 Å². The summed E-state index contributed by atoms with van der Waals surface area (Å²) < 4.78 is 5.32. The molecule has 0 aromatic heterocycles. The molecule has 2 saturated carbocycles. The molecular formula is C13H20O2. The van der Waals surface area contributed by atoms with Crippen LogP contribution in [0, 0.1) is 23.7 Å². The van der Waals surface area contributed by atoms with Gasteiger partial charge in [-0.1, -0.05) is 6.42 Å². The maximum atomic E-state index is 12.3. The lowest BCUT2D eigenvalue weighted by molar-refractivity contribution is -0.131. The molecule has 3 rings (SSSR count). The molecule has 3 aliphatic rings. The zero-order valence-corrected chi connectivity index (χ0v) is 9.28. The van der Waals surface area contributed by atoms with Crippen LogP contribution in [-0.4, -0.2) is 19.0 Å². The topological polar surface area (TPSA) is 26.3 Å². The Hall–Kier alpha value is -0.370. The van der Waals surface area contributed by atoms with Crippen molar-refractivity contribution in [1.82, 2.24) is 0 Å². The lowest BCUT2D eigenvalue weighted by atomic mass is 9.79. The molecule has 2 heteroatoms. The van der Waals surface area contributed by atoms with Crippen molar-refractivity contribution in [3.63, 3.8) is 0 Å². The highest BCUT2D eigenvalue weighted by Crippen LogP contribution is 2.49. The third-order valence-electron chi connectivity index (χ3n) is 4.73. The third kappa shape index (κ3) is 1.73. The van der Waals surface area contributed by atoms with Crippen molar-refractivity contribution < 1.29 is 9.53 Å². The van der Waals surface area contributed by atoms with Crippen molar-refractivity contribution in [1.29, 1.82) is 0 Å². The molecule has 0 N–H and O–H groups in total. The zero-order chi connectivity index (χ0) is 10.3. The van der Waals surface area contributed by atoms with E-state index in [1.807, 2.05) is 0 Å². The summed E-state index contributed by atoms with van der Waals surface area (Å²) in [6.45, 7) is 1.61. The smallest absolute Gasteiger partial charge is 0.139 e. The van der Waals surface area contributed by atoms with E-state index in [2.05, 4.69) is 0 Å². The van der Waals surface area contributed by atoms with Gasteiger partial charge in [-0.05, 0) is 43.9 Å². The van der Waals surface area contributed by atoms with Gasteiger partial charge in [-0.15, -0.1) is 0 Å². The molecular weight excluding hydrogens is 188 g/mol. The summed E-state index contributed by atoms with van der Waals surface area (Å²) in [6.07, 6.45) is 7.23. The van der Waals surface area contributed by atoms with Gasteiger partial charge in [0.25, 0.3) is 0 Å². The van der Waals surface area contributed by atoms with Crippen LogP contribution in [0.5, 0.6) is 0 Å². The Balaban J connectivity index is 1.64. The van der Waals surface area contributed by atoms with Crippen LogP contribution in [0.2, 0.25) is 0 Å². The van der Waals surface area contributed by atoms with E-state index >= 15 is 0 Å². The van der Waals surface area contributed by atoms with Gasteiger partial charge in [-0.25, -0.2) is 0 Å². The largest absolute Gasteiger partial charge is 0.381 e. The minimum absolute atomic E-state index is 0.336. The van der Waals surface area contributed by atoms with Gasteiger partial charge in [0, 0.05) is 25.0 Å². The minimum atomic E-state index is 0.336. The van der Waals surface area contributed by atoms with Crippen LogP contribution in [0.4, 0.5) is 0 Å². The van der Waals surface area contributed by atoms with E-state index < -0.39 is 0 Å². The number of ether oxygens (including phenoxy) is 1. The second-order valence-electron chi connectivity index (χ2n) is 5.57. The Morgan fingerprint density at radius 1 is 1.00 bits per heavy atom. The molecule has 2 bridgehead atoms. The van der Waals surface area contributed by atoms with Crippen LogP contribution >= 0.6 is 0 Å². The summed E-state index contributed by atoms with van der Waals surface area (Å²) in [5.74, 6) is 3.01. The average Bonchev–Trinajstić information content (AvgIpc) is 2.91. The number of hydrogen-bond acceptors (Lipinski definition) is 2. The predicted octanol–water partition coefficient (Wildman–Crippen LogP) is 2.42. The van der Waals surface area contributed by atoms with E-state index in [-0.39, 0.29) is 0 Å². The molecule has 0 aromatic rings. The number of rotatable bonds is 2. The molecule has 1 saturated heterocycles. The first-order chi connectivity index (χ1) is 7.34. The van der Waals surface area contributed by atoms with Gasteiger partial charge >= 0.3 is 0 Å². The van der Waals surface area contributed by atoms with E-state index in [4.69, 9.17) is 4.74 Å². The molecule has 15 heavy (non-hydrogen) atoms. The van der Waals surface area contributed by atoms with E-state index in [0.29, 0.717) is 17.6 Å². The molecule has 2 aliphatic carbocycles. The molecule has 3 fully saturated rings. The molecule has 0 aromatic carbocycles. The predicted molar refractivity (Wildman–Crippen MR) is 57.5 cm³/mol. The summed E-state index contributed by atoms with van der Waals surface area (Å²) in [6, 6.07) is 0. The number of hydrogen-bond donors (Lipinski definition) is 0. The van der Waals surface area contributed by atoms with Crippen LogP contribution in [0.1, 0.15) is 38.5 Å². The number of ketones is 1. The first-order valence-electron chi connectivity index (χ1n) is 6.46. The van der Waals surface area contributed by atoms with Crippen LogP contribution in [0.25, 0.3) is 0 Å². The molecule has 1 heterocycles. The molecule has 3 atom stereocenters. The molecule has 0 spiro atoms. The lowest BCUT2D eigenvalue weighted by Gasteiger charge is -2.27. The zero-order valence-electron chi connectivity index (χ0n) is 9.28. The van der Waals surface area contributed by atoms with Crippen molar-refractivity contribution in [2.45, 2.75) is 38.5 Å². The van der Waals surface area contributed by atoms with Gasteiger partial charge in [-0.2, -0.15) is 0 Å². The quantitative estimate of drug-likeness (QED) is 0.696. The molecule has 0 amide bonds. The van der Waals surface area contributed by atoms with E-state index in [1.165, 1.54) is 25.7 Å². The third-order valence-corrected chi connectivity index (χ3v) is 4.73. The van der Waals surface area contributed by atoms with Crippen LogP contribution < -0.4 is 0 Å². The number of Topliss-reactive ketones (excluding diaryl/α,β-unsaturated/α-hetero) is 1. The average molecular weight is 208 g/mol. The van der Waals surface area contributed by atoms with Gasteiger partial charge in [0.05, 0.1) is 0 Å². The number of fused-ring (bicyclic) bond motifs is 2. The van der Waals surface area contributed by atoms with E-state index in [9.17, 15) is 4.79 Å². The first kappa shape index (κ1) is 9.83. The summed E-state index contributed by atoms with van der Waals surface area (Å²) in [7, 11) is 0. The fraction of sp³-hybridized carbons (Fsp3) is 0.923. The summed E-state index contributed by atoms with van der Waals surface area (Å²) in [5, 5.41) is 0. The monoisotopic (exact) mass is 208 g/mol. The molecule has 3 unspecified atom stereocenters. The standard InChI is InChI=1S/C13H20O2/c14-13(10-3-5-15-6-4-10)12-8-9-1-2-11(12)7-9/h9-12H,1-8H2. The number of carbonyl (C=O) groups is 1. The fourth-order valence-electron chi connectivity index (χ4n) is 3.88. The maximum absolute atomic E-state index is 12.3. The summed E-state index contributed by atoms with van der Waals surface area (Å²) >= 11 is 0. The van der Waals surface area contributed by atoms with Crippen molar-refractivity contribution in [3.8, 4) is 0 Å². The fourth-order valence-corrected chi connectivity index (χ4v) is 3.88. The highest BCUT2D eigenvalue weighted by molar-refractivity contribution is 5.84. The Kier molecular flexibility index (Phi) is 2.55. The van der Waals surface area contributed by atoms with Gasteiger partial charge in [0.2, 0.25) is 0 Å². The van der Waals surface area contributed by atoms with Crippen LogP contribution in [0.15, 0.2) is 0 Å². The van der Waals surface area contributed by atoms with E-state index in [1.54, 1.807) is 0 Å². The molecule has 0 radical (unpaired) electrons. The van der Waals surface area contributed by atoms with E-state index in [0.717, 1.165) is 37.9 Å². The van der Waals surface area contributed by atoms with Gasteiger partial charge in [0.1, 0.15) is 5.78 Å². The summed E-state index contributed by atoms with van der Waals surface area (Å²) in [4.78, 5) is 12.3. The molecule has 84 valence electrons. The minimum Gasteiger partial charge on any atom is -0.381 e. The van der Waals surface area contributed by atoms with Crippen molar-refractivity contribution in [2.24, 2.45) is 23.7 Å². The first-order valence-corrected chi connectivity index (χ1v) is 6.46.